The molecule has 0 fully saturated rings. The second-order valence-corrected chi connectivity index (χ2v) is 6.44. The Morgan fingerprint density at radius 1 is 1.26 bits per heavy atom. The van der Waals surface area contributed by atoms with Crippen LogP contribution in [0.4, 0.5) is 14.5 Å². The summed E-state index contributed by atoms with van der Waals surface area (Å²) in [7, 11) is 0. The topological polar surface area (TPSA) is 3.24 Å². The van der Waals surface area contributed by atoms with Gasteiger partial charge < -0.3 is 4.90 Å². The van der Waals surface area contributed by atoms with Gasteiger partial charge in [-0.05, 0) is 23.5 Å². The summed E-state index contributed by atoms with van der Waals surface area (Å²) >= 11 is 5.95. The van der Waals surface area contributed by atoms with Crippen molar-refractivity contribution in [2.24, 2.45) is 11.3 Å². The highest BCUT2D eigenvalue weighted by molar-refractivity contribution is 6.18. The summed E-state index contributed by atoms with van der Waals surface area (Å²) in [4.78, 5) is 1.95. The summed E-state index contributed by atoms with van der Waals surface area (Å²) in [5.74, 6) is -0.200. The van der Waals surface area contributed by atoms with Crippen molar-refractivity contribution in [3.63, 3.8) is 0 Å². The van der Waals surface area contributed by atoms with Gasteiger partial charge in [-0.3, -0.25) is 0 Å². The Labute approximate surface area is 119 Å². The lowest BCUT2D eigenvalue weighted by Crippen LogP contribution is -2.38. The molecule has 0 saturated heterocycles. The van der Waals surface area contributed by atoms with Crippen LogP contribution in [0.15, 0.2) is 18.2 Å². The summed E-state index contributed by atoms with van der Waals surface area (Å²) in [6.45, 7) is 9.56. The van der Waals surface area contributed by atoms with Crippen molar-refractivity contribution in [2.45, 2.75) is 27.7 Å². The van der Waals surface area contributed by atoms with Crippen LogP contribution in [0.25, 0.3) is 0 Å². The van der Waals surface area contributed by atoms with Crippen molar-refractivity contribution >= 4 is 17.3 Å². The average Bonchev–Trinajstić information content (AvgIpc) is 2.27. The van der Waals surface area contributed by atoms with E-state index in [0.717, 1.165) is 6.07 Å². The largest absolute Gasteiger partial charge is 0.368 e. The van der Waals surface area contributed by atoms with E-state index in [1.807, 2.05) is 18.7 Å². The zero-order chi connectivity index (χ0) is 14.6. The van der Waals surface area contributed by atoms with E-state index in [1.54, 1.807) is 0 Å². The summed E-state index contributed by atoms with van der Waals surface area (Å²) in [5.41, 5.74) is 0.311. The van der Waals surface area contributed by atoms with Gasteiger partial charge in [0.2, 0.25) is 0 Å². The zero-order valence-electron chi connectivity index (χ0n) is 12.0. The molecule has 19 heavy (non-hydrogen) atoms. The van der Waals surface area contributed by atoms with Crippen LogP contribution in [-0.2, 0) is 0 Å². The quantitative estimate of drug-likeness (QED) is 0.687. The molecule has 0 saturated carbocycles. The van der Waals surface area contributed by atoms with Crippen LogP contribution in [0.2, 0.25) is 0 Å². The van der Waals surface area contributed by atoms with Crippen LogP contribution in [0.1, 0.15) is 27.7 Å². The molecular weight excluding hydrogens is 268 g/mol. The average molecular weight is 290 g/mol. The lowest BCUT2D eigenvalue weighted by Gasteiger charge is -2.34. The fourth-order valence-corrected chi connectivity index (χ4v) is 2.07. The smallest absolute Gasteiger partial charge is 0.149 e. The van der Waals surface area contributed by atoms with Gasteiger partial charge in [0, 0.05) is 25.0 Å². The van der Waals surface area contributed by atoms with Gasteiger partial charge in [0.25, 0.3) is 0 Å². The first kappa shape index (κ1) is 16.2. The van der Waals surface area contributed by atoms with E-state index in [4.69, 9.17) is 11.6 Å². The minimum absolute atomic E-state index is 0.128. The second kappa shape index (κ2) is 6.56. The van der Waals surface area contributed by atoms with Crippen molar-refractivity contribution in [3.05, 3.63) is 29.8 Å². The van der Waals surface area contributed by atoms with E-state index in [1.165, 1.54) is 12.1 Å². The summed E-state index contributed by atoms with van der Waals surface area (Å²) in [6.07, 6.45) is 0. The highest BCUT2D eigenvalue weighted by Crippen LogP contribution is 2.27. The van der Waals surface area contributed by atoms with Crippen LogP contribution >= 0.6 is 11.6 Å². The first-order valence-corrected chi connectivity index (χ1v) is 7.04. The number of nitrogens with zero attached hydrogens (tertiary/aromatic N) is 1. The number of rotatable bonds is 6. The number of alkyl halides is 1. The molecule has 0 aromatic heterocycles. The maximum absolute atomic E-state index is 13.9. The highest BCUT2D eigenvalue weighted by atomic mass is 35.5. The minimum atomic E-state index is -0.553. The zero-order valence-corrected chi connectivity index (χ0v) is 12.8. The fraction of sp³-hybridized carbons (Fsp3) is 0.600. The SMILES string of the molecule is CC(C)CN(CC(C)(C)CCl)c1ccc(F)cc1F. The van der Waals surface area contributed by atoms with Crippen molar-refractivity contribution in [2.75, 3.05) is 23.9 Å². The lowest BCUT2D eigenvalue weighted by molar-refractivity contribution is 0.403. The van der Waals surface area contributed by atoms with Gasteiger partial charge in [-0.25, -0.2) is 8.78 Å². The molecular formula is C15H22ClF2N. The van der Waals surface area contributed by atoms with Gasteiger partial charge in [-0.1, -0.05) is 27.7 Å². The van der Waals surface area contributed by atoms with E-state index >= 15 is 0 Å². The first-order chi connectivity index (χ1) is 8.75. The Balaban J connectivity index is 3.02. The molecule has 0 aliphatic carbocycles. The van der Waals surface area contributed by atoms with E-state index < -0.39 is 11.6 Å². The molecule has 0 bridgehead atoms. The van der Waals surface area contributed by atoms with E-state index in [2.05, 4.69) is 13.8 Å². The maximum Gasteiger partial charge on any atom is 0.149 e. The van der Waals surface area contributed by atoms with E-state index in [0.29, 0.717) is 30.6 Å². The lowest BCUT2D eigenvalue weighted by atomic mass is 9.94. The van der Waals surface area contributed by atoms with Gasteiger partial charge in [0.15, 0.2) is 0 Å². The normalized spacial score (nSPS) is 12.0. The molecule has 0 atom stereocenters. The van der Waals surface area contributed by atoms with Crippen LogP contribution in [0.5, 0.6) is 0 Å². The van der Waals surface area contributed by atoms with Gasteiger partial charge >= 0.3 is 0 Å². The van der Waals surface area contributed by atoms with Gasteiger partial charge in [0.1, 0.15) is 11.6 Å². The summed E-state index contributed by atoms with van der Waals surface area (Å²) in [5, 5.41) is 0. The third kappa shape index (κ3) is 4.98. The Morgan fingerprint density at radius 2 is 1.89 bits per heavy atom. The predicted octanol–water partition coefficient (Wildman–Crippen LogP) is 4.69. The molecule has 0 radical (unpaired) electrons. The van der Waals surface area contributed by atoms with Crippen molar-refractivity contribution in [1.29, 1.82) is 0 Å². The molecule has 0 aliphatic heterocycles. The third-order valence-electron chi connectivity index (χ3n) is 2.82. The number of hydrogen-bond acceptors (Lipinski definition) is 1. The van der Waals surface area contributed by atoms with Crippen molar-refractivity contribution in [3.8, 4) is 0 Å². The molecule has 1 aromatic rings. The molecule has 0 aliphatic rings. The number of halogens is 3. The molecule has 4 heteroatoms. The molecule has 108 valence electrons. The number of hydrogen-bond donors (Lipinski definition) is 0. The molecule has 0 spiro atoms. The van der Waals surface area contributed by atoms with Gasteiger partial charge in [-0.2, -0.15) is 0 Å². The van der Waals surface area contributed by atoms with Crippen LogP contribution in [0, 0.1) is 23.0 Å². The Kier molecular flexibility index (Phi) is 5.60. The van der Waals surface area contributed by atoms with Crippen LogP contribution in [-0.4, -0.2) is 19.0 Å². The minimum Gasteiger partial charge on any atom is -0.368 e. The molecule has 0 unspecified atom stereocenters. The molecule has 0 heterocycles. The summed E-state index contributed by atoms with van der Waals surface area (Å²) < 4.78 is 26.9. The third-order valence-corrected chi connectivity index (χ3v) is 3.54. The molecule has 1 rings (SSSR count). The Morgan fingerprint density at radius 3 is 2.37 bits per heavy atom. The Bertz CT molecular complexity index is 419. The van der Waals surface area contributed by atoms with Crippen molar-refractivity contribution < 1.29 is 8.78 Å². The number of benzene rings is 1. The van der Waals surface area contributed by atoms with Crippen LogP contribution < -0.4 is 4.90 Å². The van der Waals surface area contributed by atoms with Crippen LogP contribution in [0.3, 0.4) is 0 Å². The predicted molar refractivity (Wildman–Crippen MR) is 77.9 cm³/mol. The molecule has 1 aromatic carbocycles. The molecule has 1 nitrogen and oxygen atoms in total. The molecule has 0 N–H and O–H groups in total. The van der Waals surface area contributed by atoms with E-state index in [9.17, 15) is 8.78 Å². The Hall–Kier alpha value is -0.830. The monoisotopic (exact) mass is 289 g/mol. The second-order valence-electron chi connectivity index (χ2n) is 6.17. The fourth-order valence-electron chi connectivity index (χ4n) is 1.99. The standard InChI is InChI=1S/C15H22ClF2N/c1-11(2)8-19(10-15(3,4)9-16)14-6-5-12(17)7-13(14)18/h5-7,11H,8-10H2,1-4H3. The maximum atomic E-state index is 13.9. The number of anilines is 1. The highest BCUT2D eigenvalue weighted by Gasteiger charge is 2.23. The molecule has 0 amide bonds. The van der Waals surface area contributed by atoms with E-state index in [-0.39, 0.29) is 5.41 Å². The first-order valence-electron chi connectivity index (χ1n) is 6.51. The van der Waals surface area contributed by atoms with Gasteiger partial charge in [-0.15, -0.1) is 11.6 Å². The van der Waals surface area contributed by atoms with Gasteiger partial charge in [0.05, 0.1) is 5.69 Å². The summed E-state index contributed by atoms with van der Waals surface area (Å²) in [6, 6.07) is 3.72. The van der Waals surface area contributed by atoms with Crippen molar-refractivity contribution in [1.82, 2.24) is 0 Å².